The van der Waals surface area contributed by atoms with E-state index >= 15 is 0 Å². The molecule has 3 N–H and O–H groups in total. The van der Waals surface area contributed by atoms with Crippen LogP contribution >= 0.6 is 0 Å². The van der Waals surface area contributed by atoms with Crippen molar-refractivity contribution >= 4 is 11.0 Å². The largest absolute Gasteiger partial charge is 0.496 e. The Morgan fingerprint density at radius 1 is 1.00 bits per heavy atom. The zero-order chi connectivity index (χ0) is 20.1. The van der Waals surface area contributed by atoms with Crippen LogP contribution in [0.2, 0.25) is 0 Å². The van der Waals surface area contributed by atoms with E-state index in [9.17, 15) is 0 Å². The van der Waals surface area contributed by atoms with Crippen molar-refractivity contribution in [2.24, 2.45) is 5.73 Å². The number of imidazole rings is 1. The summed E-state index contributed by atoms with van der Waals surface area (Å²) < 4.78 is 7.67. The monoisotopic (exact) mass is 386 g/mol. The molecule has 5 nitrogen and oxygen atoms in total. The lowest BCUT2D eigenvalue weighted by atomic mass is 10.0. The number of nitrogens with zero attached hydrogens (tertiary/aromatic N) is 2. The first-order chi connectivity index (χ1) is 14.3. The van der Waals surface area contributed by atoms with E-state index in [1.807, 2.05) is 24.5 Å². The molecule has 148 valence electrons. The molecule has 1 aromatic heterocycles. The minimum atomic E-state index is 0.653. The first-order valence-corrected chi connectivity index (χ1v) is 9.85. The fourth-order valence-corrected chi connectivity index (χ4v) is 3.53. The van der Waals surface area contributed by atoms with E-state index in [0.29, 0.717) is 6.54 Å². The molecule has 5 heteroatoms. The molecule has 3 aromatic carbocycles. The Balaban J connectivity index is 1.60. The maximum absolute atomic E-state index is 5.53. The molecule has 0 atom stereocenters. The predicted octanol–water partition coefficient (Wildman–Crippen LogP) is 3.81. The van der Waals surface area contributed by atoms with Crippen molar-refractivity contribution in [3.63, 3.8) is 0 Å². The van der Waals surface area contributed by atoms with Gasteiger partial charge in [0.05, 0.1) is 31.0 Å². The van der Waals surface area contributed by atoms with Gasteiger partial charge in [0.25, 0.3) is 0 Å². The summed E-state index contributed by atoms with van der Waals surface area (Å²) in [6.07, 6.45) is 1.90. The number of benzene rings is 3. The van der Waals surface area contributed by atoms with Crippen LogP contribution in [0.15, 0.2) is 73.1 Å². The van der Waals surface area contributed by atoms with Crippen molar-refractivity contribution in [2.75, 3.05) is 20.2 Å². The third-order valence-corrected chi connectivity index (χ3v) is 5.09. The lowest BCUT2D eigenvalue weighted by Gasteiger charge is -2.10. The summed E-state index contributed by atoms with van der Waals surface area (Å²) in [4.78, 5) is 4.56. The first-order valence-electron chi connectivity index (χ1n) is 9.85. The normalized spacial score (nSPS) is 11.1. The summed E-state index contributed by atoms with van der Waals surface area (Å²) in [6.45, 7) is 3.03. The number of ether oxygens (including phenoxy) is 1. The average Bonchev–Trinajstić information content (AvgIpc) is 3.17. The third-order valence-electron chi connectivity index (χ3n) is 5.09. The first kappa shape index (κ1) is 19.2. The molecule has 0 bridgehead atoms. The summed E-state index contributed by atoms with van der Waals surface area (Å²) in [5.41, 5.74) is 12.4. The maximum Gasteiger partial charge on any atom is 0.123 e. The van der Waals surface area contributed by atoms with Gasteiger partial charge >= 0.3 is 0 Å². The topological polar surface area (TPSA) is 65.1 Å². The van der Waals surface area contributed by atoms with Crippen molar-refractivity contribution in [1.29, 1.82) is 0 Å². The molecule has 1 heterocycles. The Kier molecular flexibility index (Phi) is 5.89. The van der Waals surface area contributed by atoms with E-state index in [1.165, 1.54) is 16.7 Å². The van der Waals surface area contributed by atoms with E-state index in [2.05, 4.69) is 63.4 Å². The molecule has 4 rings (SSSR count). The maximum atomic E-state index is 5.53. The number of fused-ring (bicyclic) bond motifs is 1. The van der Waals surface area contributed by atoms with Crippen LogP contribution < -0.4 is 15.8 Å². The predicted molar refractivity (Wildman–Crippen MR) is 118 cm³/mol. The number of nitrogens with one attached hydrogen (secondary N) is 1. The molecular weight excluding hydrogens is 360 g/mol. The minimum Gasteiger partial charge on any atom is -0.496 e. The van der Waals surface area contributed by atoms with Crippen LogP contribution in [0.3, 0.4) is 0 Å². The molecule has 0 fully saturated rings. The molecule has 0 unspecified atom stereocenters. The number of hydrogen-bond acceptors (Lipinski definition) is 4. The van der Waals surface area contributed by atoms with Gasteiger partial charge in [-0.05, 0) is 34.9 Å². The standard InChI is InChI=1S/C24H26N4O/c1-29-24-5-3-2-4-21(24)16-28-17-27-22-11-10-20(14-23(22)28)19-8-6-18(7-9-19)15-26-13-12-25/h2-11,14,17,26H,12-13,15-16,25H2,1H3. The van der Waals surface area contributed by atoms with Crippen LogP contribution in [-0.4, -0.2) is 29.8 Å². The van der Waals surface area contributed by atoms with E-state index in [4.69, 9.17) is 10.5 Å². The van der Waals surface area contributed by atoms with E-state index in [-0.39, 0.29) is 0 Å². The van der Waals surface area contributed by atoms with Gasteiger partial charge in [-0.25, -0.2) is 4.98 Å². The minimum absolute atomic E-state index is 0.653. The second kappa shape index (κ2) is 8.90. The second-order valence-corrected chi connectivity index (χ2v) is 7.05. The highest BCUT2D eigenvalue weighted by Gasteiger charge is 2.08. The highest BCUT2D eigenvalue weighted by Crippen LogP contribution is 2.26. The summed E-state index contributed by atoms with van der Waals surface area (Å²) in [5.74, 6) is 0.893. The second-order valence-electron chi connectivity index (χ2n) is 7.05. The van der Waals surface area contributed by atoms with Crippen LogP contribution in [0.4, 0.5) is 0 Å². The molecule has 0 spiro atoms. The van der Waals surface area contributed by atoms with Gasteiger partial charge in [-0.3, -0.25) is 0 Å². The zero-order valence-electron chi connectivity index (χ0n) is 16.6. The van der Waals surface area contributed by atoms with Gasteiger partial charge in [-0.15, -0.1) is 0 Å². The molecule has 0 aliphatic rings. The van der Waals surface area contributed by atoms with Gasteiger partial charge in [0.1, 0.15) is 5.75 Å². The van der Waals surface area contributed by atoms with Gasteiger partial charge < -0.3 is 20.4 Å². The van der Waals surface area contributed by atoms with Crippen LogP contribution in [0.1, 0.15) is 11.1 Å². The quantitative estimate of drug-likeness (QED) is 0.452. The van der Waals surface area contributed by atoms with Crippen molar-refractivity contribution in [2.45, 2.75) is 13.1 Å². The fourth-order valence-electron chi connectivity index (χ4n) is 3.53. The highest BCUT2D eigenvalue weighted by atomic mass is 16.5. The SMILES string of the molecule is COc1ccccc1Cn1cnc2ccc(-c3ccc(CNCCN)cc3)cc21. The number of methoxy groups -OCH3 is 1. The number of nitrogens with two attached hydrogens (primary N) is 1. The average molecular weight is 386 g/mol. The van der Waals surface area contributed by atoms with Crippen molar-refractivity contribution in [3.8, 4) is 16.9 Å². The Labute approximate surface area is 171 Å². The van der Waals surface area contributed by atoms with Crippen molar-refractivity contribution in [3.05, 3.63) is 84.2 Å². The Hall–Kier alpha value is -3.15. The number of rotatable bonds is 8. The highest BCUT2D eigenvalue weighted by molar-refractivity contribution is 5.82. The number of hydrogen-bond donors (Lipinski definition) is 2. The van der Waals surface area contributed by atoms with E-state index in [1.54, 1.807) is 7.11 Å². The smallest absolute Gasteiger partial charge is 0.123 e. The van der Waals surface area contributed by atoms with E-state index < -0.39 is 0 Å². The molecular formula is C24H26N4O. The van der Waals surface area contributed by atoms with Gasteiger partial charge in [0.2, 0.25) is 0 Å². The number of aromatic nitrogens is 2. The molecule has 0 saturated heterocycles. The molecule has 29 heavy (non-hydrogen) atoms. The molecule has 0 amide bonds. The van der Waals surface area contributed by atoms with Crippen molar-refractivity contribution < 1.29 is 4.74 Å². The Morgan fingerprint density at radius 2 is 1.79 bits per heavy atom. The van der Waals surface area contributed by atoms with Crippen LogP contribution in [0, 0.1) is 0 Å². The lowest BCUT2D eigenvalue weighted by Crippen LogP contribution is -2.21. The van der Waals surface area contributed by atoms with Crippen LogP contribution in [-0.2, 0) is 13.1 Å². The Morgan fingerprint density at radius 3 is 2.59 bits per heavy atom. The molecule has 0 aliphatic heterocycles. The molecule has 4 aromatic rings. The Bertz CT molecular complexity index is 1090. The number of para-hydroxylation sites is 1. The summed E-state index contributed by atoms with van der Waals surface area (Å²) in [5, 5.41) is 3.32. The van der Waals surface area contributed by atoms with Gasteiger partial charge in [-0.2, -0.15) is 0 Å². The lowest BCUT2D eigenvalue weighted by molar-refractivity contribution is 0.408. The summed E-state index contributed by atoms with van der Waals surface area (Å²) in [7, 11) is 1.71. The van der Waals surface area contributed by atoms with Crippen LogP contribution in [0.5, 0.6) is 5.75 Å². The van der Waals surface area contributed by atoms with Gasteiger partial charge in [-0.1, -0.05) is 48.5 Å². The van der Waals surface area contributed by atoms with E-state index in [0.717, 1.165) is 42.0 Å². The zero-order valence-corrected chi connectivity index (χ0v) is 16.6. The molecule has 0 radical (unpaired) electrons. The van der Waals surface area contributed by atoms with Crippen molar-refractivity contribution in [1.82, 2.24) is 14.9 Å². The van der Waals surface area contributed by atoms with Gasteiger partial charge in [0.15, 0.2) is 0 Å². The van der Waals surface area contributed by atoms with Crippen LogP contribution in [0.25, 0.3) is 22.2 Å². The fraction of sp³-hybridized carbons (Fsp3) is 0.208. The summed E-state index contributed by atoms with van der Waals surface area (Å²) >= 11 is 0. The third kappa shape index (κ3) is 4.31. The van der Waals surface area contributed by atoms with Gasteiger partial charge in [0, 0.05) is 25.2 Å². The summed E-state index contributed by atoms with van der Waals surface area (Å²) in [6, 6.07) is 23.2. The molecule has 0 aliphatic carbocycles. The molecule has 0 saturated carbocycles.